The highest BCUT2D eigenvalue weighted by Gasteiger charge is 2.29. The average Bonchev–Trinajstić information content (AvgIpc) is 2.84. The van der Waals surface area contributed by atoms with Gasteiger partial charge in [-0.1, -0.05) is 27.7 Å². The molecule has 0 radical (unpaired) electrons. The highest BCUT2D eigenvalue weighted by molar-refractivity contribution is 5.95. The van der Waals surface area contributed by atoms with Crippen LogP contribution in [0.15, 0.2) is 12.1 Å². The van der Waals surface area contributed by atoms with Crippen LogP contribution in [0.2, 0.25) is 0 Å². The first-order chi connectivity index (χ1) is 9.32. The molecular formula is C16H25N3O. The van der Waals surface area contributed by atoms with Crippen molar-refractivity contribution in [1.29, 1.82) is 0 Å². The molecule has 0 spiro atoms. The predicted molar refractivity (Wildman–Crippen MR) is 81.7 cm³/mol. The van der Waals surface area contributed by atoms with E-state index in [4.69, 9.17) is 5.73 Å². The molecule has 0 bridgehead atoms. The van der Waals surface area contributed by atoms with Gasteiger partial charge in [0.1, 0.15) is 5.82 Å². The lowest BCUT2D eigenvalue weighted by Crippen LogP contribution is -2.35. The lowest BCUT2D eigenvalue weighted by Gasteiger charge is -2.25. The van der Waals surface area contributed by atoms with Crippen molar-refractivity contribution in [3.8, 4) is 0 Å². The summed E-state index contributed by atoms with van der Waals surface area (Å²) in [6, 6.07) is 3.96. The first-order valence-corrected chi connectivity index (χ1v) is 7.42. The Morgan fingerprint density at radius 3 is 2.75 bits per heavy atom. The fraction of sp³-hybridized carbons (Fsp3) is 0.625. The summed E-state index contributed by atoms with van der Waals surface area (Å²) in [5, 5.41) is 0. The Morgan fingerprint density at radius 2 is 2.15 bits per heavy atom. The molecule has 1 unspecified atom stereocenters. The number of nitrogen functional groups attached to an aromatic ring is 1. The number of rotatable bonds is 2. The monoisotopic (exact) mass is 275 g/mol. The summed E-state index contributed by atoms with van der Waals surface area (Å²) in [4.78, 5) is 19.0. The van der Waals surface area contributed by atoms with Crippen molar-refractivity contribution in [2.24, 2.45) is 0 Å². The van der Waals surface area contributed by atoms with E-state index in [0.717, 1.165) is 31.5 Å². The van der Waals surface area contributed by atoms with Gasteiger partial charge in [0.2, 0.25) is 0 Å². The molecule has 2 rings (SSSR count). The lowest BCUT2D eigenvalue weighted by atomic mass is 9.90. The highest BCUT2D eigenvalue weighted by Crippen LogP contribution is 2.26. The number of aromatic nitrogens is 1. The normalized spacial score (nSPS) is 19.4. The number of carbonyl (C=O) groups excluding carboxylic acids is 1. The summed E-state index contributed by atoms with van der Waals surface area (Å²) >= 11 is 0. The van der Waals surface area contributed by atoms with E-state index in [1.165, 1.54) is 0 Å². The van der Waals surface area contributed by atoms with Crippen LogP contribution in [0.3, 0.4) is 0 Å². The van der Waals surface area contributed by atoms with Crippen molar-refractivity contribution < 1.29 is 4.79 Å². The molecule has 0 aromatic carbocycles. The van der Waals surface area contributed by atoms with Crippen LogP contribution in [0.1, 0.15) is 63.0 Å². The Morgan fingerprint density at radius 1 is 1.45 bits per heavy atom. The molecule has 1 amide bonds. The maximum atomic E-state index is 12.7. The van der Waals surface area contributed by atoms with Crippen LogP contribution in [0.25, 0.3) is 0 Å². The molecule has 2 heterocycles. The summed E-state index contributed by atoms with van der Waals surface area (Å²) in [7, 11) is 0. The van der Waals surface area contributed by atoms with Gasteiger partial charge in [0.15, 0.2) is 0 Å². The van der Waals surface area contributed by atoms with E-state index in [1.54, 1.807) is 6.07 Å². The van der Waals surface area contributed by atoms with Crippen molar-refractivity contribution in [2.45, 2.75) is 58.4 Å². The second kappa shape index (κ2) is 5.43. The van der Waals surface area contributed by atoms with Gasteiger partial charge in [-0.3, -0.25) is 4.79 Å². The van der Waals surface area contributed by atoms with Crippen LogP contribution >= 0.6 is 0 Å². The van der Waals surface area contributed by atoms with Gasteiger partial charge in [-0.2, -0.15) is 0 Å². The van der Waals surface area contributed by atoms with Crippen LogP contribution in [-0.2, 0) is 5.41 Å². The summed E-state index contributed by atoms with van der Waals surface area (Å²) < 4.78 is 0. The Kier molecular flexibility index (Phi) is 4.02. The fourth-order valence-electron chi connectivity index (χ4n) is 2.75. The Bertz CT molecular complexity index is 505. The van der Waals surface area contributed by atoms with Gasteiger partial charge in [-0.25, -0.2) is 4.98 Å². The zero-order valence-corrected chi connectivity index (χ0v) is 12.9. The van der Waals surface area contributed by atoms with Crippen LogP contribution < -0.4 is 5.73 Å². The number of anilines is 1. The van der Waals surface area contributed by atoms with E-state index in [-0.39, 0.29) is 11.3 Å². The number of pyridine rings is 1. The summed E-state index contributed by atoms with van der Waals surface area (Å²) in [5.41, 5.74) is 7.30. The second-order valence-corrected chi connectivity index (χ2v) is 6.62. The quantitative estimate of drug-likeness (QED) is 0.902. The van der Waals surface area contributed by atoms with E-state index >= 15 is 0 Å². The van der Waals surface area contributed by atoms with Crippen molar-refractivity contribution in [2.75, 3.05) is 12.3 Å². The molecule has 1 aliphatic heterocycles. The van der Waals surface area contributed by atoms with Crippen molar-refractivity contribution in [1.82, 2.24) is 9.88 Å². The molecule has 0 aliphatic carbocycles. The van der Waals surface area contributed by atoms with Crippen LogP contribution in [0.5, 0.6) is 0 Å². The van der Waals surface area contributed by atoms with Gasteiger partial charge in [-0.05, 0) is 31.4 Å². The van der Waals surface area contributed by atoms with Gasteiger partial charge < -0.3 is 10.6 Å². The smallest absolute Gasteiger partial charge is 0.254 e. The number of nitrogens with zero attached hydrogens (tertiary/aromatic N) is 2. The largest absolute Gasteiger partial charge is 0.384 e. The van der Waals surface area contributed by atoms with Crippen molar-refractivity contribution in [3.05, 3.63) is 23.4 Å². The third kappa shape index (κ3) is 2.94. The summed E-state index contributed by atoms with van der Waals surface area (Å²) in [6.07, 6.45) is 3.21. The topological polar surface area (TPSA) is 59.2 Å². The van der Waals surface area contributed by atoms with Gasteiger partial charge >= 0.3 is 0 Å². The summed E-state index contributed by atoms with van der Waals surface area (Å²) in [6.45, 7) is 9.22. The predicted octanol–water partition coefficient (Wildman–Crippen LogP) is 2.98. The molecule has 1 atom stereocenters. The molecule has 2 N–H and O–H groups in total. The number of amides is 1. The van der Waals surface area contributed by atoms with E-state index < -0.39 is 0 Å². The Balaban J connectivity index is 2.33. The Labute approximate surface area is 121 Å². The third-order valence-electron chi connectivity index (χ3n) is 3.97. The number of nitrogens with two attached hydrogens (primary N) is 1. The number of hydrogen-bond acceptors (Lipinski definition) is 3. The minimum atomic E-state index is -0.112. The number of likely N-dealkylation sites (tertiary alicyclic amines) is 1. The maximum Gasteiger partial charge on any atom is 0.254 e. The lowest BCUT2D eigenvalue weighted by molar-refractivity contribution is 0.0733. The van der Waals surface area contributed by atoms with E-state index in [2.05, 4.69) is 32.7 Å². The van der Waals surface area contributed by atoms with Crippen molar-refractivity contribution in [3.63, 3.8) is 0 Å². The molecule has 1 aliphatic rings. The SMILES string of the molecule is CCC1CCCN1C(=O)c1cc(N)nc(C(C)(C)C)c1. The zero-order valence-electron chi connectivity index (χ0n) is 12.9. The molecule has 1 fully saturated rings. The van der Waals surface area contributed by atoms with Crippen LogP contribution in [0, 0.1) is 0 Å². The average molecular weight is 275 g/mol. The number of carbonyl (C=O) groups is 1. The highest BCUT2D eigenvalue weighted by atomic mass is 16.2. The standard InChI is InChI=1S/C16H25N3O/c1-5-12-7-6-8-19(12)15(20)11-9-13(16(2,3)4)18-14(17)10-11/h9-10,12H,5-8H2,1-4H3,(H2,17,18). The second-order valence-electron chi connectivity index (χ2n) is 6.62. The zero-order chi connectivity index (χ0) is 14.9. The van der Waals surface area contributed by atoms with E-state index in [1.807, 2.05) is 11.0 Å². The molecule has 1 saturated heterocycles. The molecular weight excluding hydrogens is 250 g/mol. The van der Waals surface area contributed by atoms with E-state index in [9.17, 15) is 4.79 Å². The fourth-order valence-corrected chi connectivity index (χ4v) is 2.75. The Hall–Kier alpha value is -1.58. The first-order valence-electron chi connectivity index (χ1n) is 7.42. The first kappa shape index (κ1) is 14.8. The molecule has 0 saturated carbocycles. The van der Waals surface area contributed by atoms with Crippen LogP contribution in [0.4, 0.5) is 5.82 Å². The summed E-state index contributed by atoms with van der Waals surface area (Å²) in [5.74, 6) is 0.516. The maximum absolute atomic E-state index is 12.7. The van der Waals surface area contributed by atoms with Crippen molar-refractivity contribution >= 4 is 11.7 Å². The van der Waals surface area contributed by atoms with Gasteiger partial charge in [-0.15, -0.1) is 0 Å². The minimum Gasteiger partial charge on any atom is -0.384 e. The molecule has 1 aromatic heterocycles. The molecule has 4 heteroatoms. The van der Waals surface area contributed by atoms with Gasteiger partial charge in [0.25, 0.3) is 5.91 Å². The van der Waals surface area contributed by atoms with Crippen LogP contribution in [-0.4, -0.2) is 28.4 Å². The van der Waals surface area contributed by atoms with E-state index in [0.29, 0.717) is 17.4 Å². The molecule has 20 heavy (non-hydrogen) atoms. The van der Waals surface area contributed by atoms with Gasteiger partial charge in [0, 0.05) is 29.3 Å². The molecule has 110 valence electrons. The molecule has 4 nitrogen and oxygen atoms in total. The minimum absolute atomic E-state index is 0.0916. The molecule has 1 aromatic rings. The number of hydrogen-bond donors (Lipinski definition) is 1. The third-order valence-corrected chi connectivity index (χ3v) is 3.97. The van der Waals surface area contributed by atoms with Gasteiger partial charge in [0.05, 0.1) is 0 Å².